The van der Waals surface area contributed by atoms with Gasteiger partial charge in [0.25, 0.3) is 0 Å². The fourth-order valence-corrected chi connectivity index (χ4v) is 6.72. The SMILES string of the molecule is CCCCCCCC/C=C/CCCCCCCCCCCCCC(=O)OC[C@H](CO)OC(=O)CCCCCCCCC/C=C/CCCCCCCC. The van der Waals surface area contributed by atoms with Gasteiger partial charge in [0.05, 0.1) is 6.61 Å². The van der Waals surface area contributed by atoms with Crippen LogP contribution in [0.15, 0.2) is 24.3 Å². The topological polar surface area (TPSA) is 72.8 Å². The van der Waals surface area contributed by atoms with E-state index in [0.29, 0.717) is 12.8 Å². The molecule has 0 saturated heterocycles. The van der Waals surface area contributed by atoms with Crippen LogP contribution < -0.4 is 0 Å². The van der Waals surface area contributed by atoms with E-state index in [0.717, 1.165) is 38.5 Å². The van der Waals surface area contributed by atoms with E-state index in [2.05, 4.69) is 38.2 Å². The maximum absolute atomic E-state index is 12.2. The Morgan fingerprint density at radius 1 is 0.423 bits per heavy atom. The molecule has 0 aliphatic heterocycles. The molecule has 0 aliphatic carbocycles. The van der Waals surface area contributed by atoms with Crippen LogP contribution in [-0.4, -0.2) is 36.4 Å². The quantitative estimate of drug-likeness (QED) is 0.0384. The van der Waals surface area contributed by atoms with Crippen LogP contribution >= 0.6 is 0 Å². The van der Waals surface area contributed by atoms with Gasteiger partial charge in [-0.1, -0.05) is 192 Å². The zero-order valence-corrected chi connectivity index (χ0v) is 34.8. The third kappa shape index (κ3) is 41.1. The van der Waals surface area contributed by atoms with Crippen LogP contribution in [0.4, 0.5) is 0 Å². The molecule has 0 fully saturated rings. The molecule has 5 heteroatoms. The average Bonchev–Trinajstić information content (AvgIpc) is 3.15. The molecule has 0 rings (SSSR count). The lowest BCUT2D eigenvalue weighted by Gasteiger charge is -2.15. The maximum atomic E-state index is 12.2. The van der Waals surface area contributed by atoms with Gasteiger partial charge in [0, 0.05) is 12.8 Å². The molecule has 0 aromatic heterocycles. The minimum Gasteiger partial charge on any atom is -0.462 e. The number of hydrogen-bond donors (Lipinski definition) is 1. The van der Waals surface area contributed by atoms with Crippen molar-refractivity contribution in [1.29, 1.82) is 0 Å². The predicted molar refractivity (Wildman–Crippen MR) is 224 cm³/mol. The average molecular weight is 733 g/mol. The molecular formula is C47H88O5. The van der Waals surface area contributed by atoms with Crippen LogP contribution in [0.25, 0.3) is 0 Å². The van der Waals surface area contributed by atoms with Crippen molar-refractivity contribution in [3.63, 3.8) is 0 Å². The monoisotopic (exact) mass is 733 g/mol. The van der Waals surface area contributed by atoms with Gasteiger partial charge in [-0.3, -0.25) is 9.59 Å². The summed E-state index contributed by atoms with van der Waals surface area (Å²) in [5.74, 6) is -0.586. The number of rotatable bonds is 42. The lowest BCUT2D eigenvalue weighted by molar-refractivity contribution is -0.161. The van der Waals surface area contributed by atoms with Gasteiger partial charge >= 0.3 is 11.9 Å². The molecule has 52 heavy (non-hydrogen) atoms. The maximum Gasteiger partial charge on any atom is 0.306 e. The van der Waals surface area contributed by atoms with Crippen LogP contribution in [0, 0.1) is 0 Å². The Balaban J connectivity index is 3.49. The van der Waals surface area contributed by atoms with E-state index >= 15 is 0 Å². The van der Waals surface area contributed by atoms with Crippen molar-refractivity contribution in [2.45, 2.75) is 251 Å². The highest BCUT2D eigenvalue weighted by atomic mass is 16.6. The fourth-order valence-electron chi connectivity index (χ4n) is 6.72. The highest BCUT2D eigenvalue weighted by Gasteiger charge is 2.16. The molecule has 0 aromatic carbocycles. The van der Waals surface area contributed by atoms with Gasteiger partial charge in [-0.15, -0.1) is 0 Å². The number of aliphatic hydroxyl groups is 1. The minimum absolute atomic E-state index is 0.0642. The second-order valence-electron chi connectivity index (χ2n) is 15.5. The van der Waals surface area contributed by atoms with Crippen molar-refractivity contribution in [2.24, 2.45) is 0 Å². The molecule has 0 heterocycles. The zero-order chi connectivity index (χ0) is 37.8. The Morgan fingerprint density at radius 3 is 1.04 bits per heavy atom. The second kappa shape index (κ2) is 43.8. The van der Waals surface area contributed by atoms with Crippen LogP contribution in [0.5, 0.6) is 0 Å². The minimum atomic E-state index is -0.771. The van der Waals surface area contributed by atoms with Crippen molar-refractivity contribution in [2.75, 3.05) is 13.2 Å². The van der Waals surface area contributed by atoms with Crippen LogP contribution in [0.3, 0.4) is 0 Å². The van der Waals surface area contributed by atoms with Crippen molar-refractivity contribution in [3.05, 3.63) is 24.3 Å². The first-order valence-corrected chi connectivity index (χ1v) is 22.9. The number of esters is 2. The third-order valence-corrected chi connectivity index (χ3v) is 10.2. The Kier molecular flexibility index (Phi) is 42.4. The molecule has 0 aliphatic rings. The predicted octanol–water partition coefficient (Wildman–Crippen LogP) is 14.6. The Bertz CT molecular complexity index is 791. The van der Waals surface area contributed by atoms with Gasteiger partial charge in [-0.2, -0.15) is 0 Å². The number of hydrogen-bond acceptors (Lipinski definition) is 5. The van der Waals surface area contributed by atoms with E-state index in [9.17, 15) is 14.7 Å². The molecule has 0 aromatic rings. The molecule has 306 valence electrons. The van der Waals surface area contributed by atoms with Gasteiger partial charge in [-0.25, -0.2) is 0 Å². The first-order chi connectivity index (χ1) is 25.6. The number of ether oxygens (including phenoxy) is 2. The van der Waals surface area contributed by atoms with Crippen LogP contribution in [-0.2, 0) is 19.1 Å². The van der Waals surface area contributed by atoms with E-state index in [-0.39, 0.29) is 25.2 Å². The normalized spacial score (nSPS) is 12.3. The number of carbonyl (C=O) groups is 2. The van der Waals surface area contributed by atoms with Crippen molar-refractivity contribution in [3.8, 4) is 0 Å². The first kappa shape index (κ1) is 50.4. The molecule has 5 nitrogen and oxygen atoms in total. The zero-order valence-electron chi connectivity index (χ0n) is 34.8. The summed E-state index contributed by atoms with van der Waals surface area (Å²) in [5, 5.41) is 9.59. The molecule has 1 atom stereocenters. The summed E-state index contributed by atoms with van der Waals surface area (Å²) in [7, 11) is 0. The van der Waals surface area contributed by atoms with Crippen molar-refractivity contribution >= 4 is 11.9 Å². The van der Waals surface area contributed by atoms with Gasteiger partial charge in [-0.05, 0) is 64.2 Å². The summed E-state index contributed by atoms with van der Waals surface area (Å²) in [6.07, 6.45) is 52.5. The number of unbranched alkanes of at least 4 members (excludes halogenated alkanes) is 30. The standard InChI is InChI=1S/C47H88O5/c1-3-5-7-9-11-13-15-17-19-21-22-23-24-26-27-29-31-33-35-37-39-41-46(49)51-44-45(43-48)52-47(50)42-40-38-36-34-32-30-28-25-20-18-16-14-12-10-8-6-4-2/h17-20,45,48H,3-16,21-44H2,1-2H3/b19-17+,20-18+/t45-/m0/s1. The second-order valence-corrected chi connectivity index (χ2v) is 15.5. The highest BCUT2D eigenvalue weighted by Crippen LogP contribution is 2.15. The van der Waals surface area contributed by atoms with Crippen LogP contribution in [0.2, 0.25) is 0 Å². The summed E-state index contributed by atoms with van der Waals surface area (Å²) >= 11 is 0. The lowest BCUT2D eigenvalue weighted by Crippen LogP contribution is -2.28. The summed E-state index contributed by atoms with van der Waals surface area (Å²) in [5.41, 5.74) is 0. The Hall–Kier alpha value is -1.62. The van der Waals surface area contributed by atoms with Crippen molar-refractivity contribution in [1.82, 2.24) is 0 Å². The van der Waals surface area contributed by atoms with Gasteiger partial charge in [0.1, 0.15) is 6.61 Å². The molecular weight excluding hydrogens is 645 g/mol. The van der Waals surface area contributed by atoms with Crippen molar-refractivity contribution < 1.29 is 24.2 Å². The summed E-state index contributed by atoms with van der Waals surface area (Å²) < 4.78 is 10.6. The molecule has 0 amide bonds. The molecule has 0 spiro atoms. The van der Waals surface area contributed by atoms with E-state index in [1.165, 1.54) is 180 Å². The largest absolute Gasteiger partial charge is 0.462 e. The van der Waals surface area contributed by atoms with Gasteiger partial charge in [0.15, 0.2) is 6.10 Å². The van der Waals surface area contributed by atoms with Gasteiger partial charge < -0.3 is 14.6 Å². The smallest absolute Gasteiger partial charge is 0.306 e. The van der Waals surface area contributed by atoms with E-state index < -0.39 is 6.10 Å². The van der Waals surface area contributed by atoms with E-state index in [4.69, 9.17) is 9.47 Å². The fraction of sp³-hybridized carbons (Fsp3) is 0.872. The molecule has 0 unspecified atom stereocenters. The van der Waals surface area contributed by atoms with Crippen LogP contribution in [0.1, 0.15) is 245 Å². The lowest BCUT2D eigenvalue weighted by atomic mass is 10.0. The molecule has 0 bridgehead atoms. The van der Waals surface area contributed by atoms with E-state index in [1.807, 2.05) is 0 Å². The first-order valence-electron chi connectivity index (χ1n) is 22.9. The Labute approximate surface area is 323 Å². The summed E-state index contributed by atoms with van der Waals surface area (Å²) in [4.78, 5) is 24.4. The van der Waals surface area contributed by atoms with E-state index in [1.54, 1.807) is 0 Å². The number of carbonyl (C=O) groups excluding carboxylic acids is 2. The van der Waals surface area contributed by atoms with Gasteiger partial charge in [0.2, 0.25) is 0 Å². The highest BCUT2D eigenvalue weighted by molar-refractivity contribution is 5.70. The summed E-state index contributed by atoms with van der Waals surface area (Å²) in [6, 6.07) is 0. The molecule has 1 N–H and O–H groups in total. The third-order valence-electron chi connectivity index (χ3n) is 10.2. The number of aliphatic hydroxyl groups excluding tert-OH is 1. The molecule has 0 saturated carbocycles. The number of allylic oxidation sites excluding steroid dienone is 4. The summed E-state index contributed by atoms with van der Waals surface area (Å²) in [6.45, 7) is 4.15. The molecule has 0 radical (unpaired) electrons. The Morgan fingerprint density at radius 2 is 0.712 bits per heavy atom.